The Morgan fingerprint density at radius 2 is 2.42 bits per heavy atom. The Kier molecular flexibility index (Phi) is 1.45. The van der Waals surface area contributed by atoms with E-state index in [4.69, 9.17) is 5.26 Å². The maximum atomic E-state index is 8.56. The number of rotatable bonds is 0. The lowest BCUT2D eigenvalue weighted by Gasteiger charge is -1.93. The molecule has 0 aliphatic rings. The van der Waals surface area contributed by atoms with E-state index in [2.05, 4.69) is 16.2 Å². The predicted octanol–water partition coefficient (Wildman–Crippen LogP) is 1.30. The minimum Gasteiger partial charge on any atom is -0.264 e. The fraction of sp³-hybridized carbons (Fsp3) is 0. The summed E-state index contributed by atoms with van der Waals surface area (Å²) in [6, 6.07) is 5.48. The second-order valence-corrected chi connectivity index (χ2v) is 2.33. The number of hydrogen-bond donors (Lipinski definition) is 0. The summed E-state index contributed by atoms with van der Waals surface area (Å²) in [4.78, 5) is 7.89. The molecule has 55 valence electrons. The average molecular weight is 154 g/mol. The molecule has 0 aliphatic heterocycles. The van der Waals surface area contributed by atoms with Crippen LogP contribution in [0.25, 0.3) is 10.9 Å². The van der Waals surface area contributed by atoms with Crippen LogP contribution in [0, 0.1) is 17.5 Å². The summed E-state index contributed by atoms with van der Waals surface area (Å²) in [6.45, 7) is 0. The molecule has 2 aromatic rings. The van der Waals surface area contributed by atoms with Gasteiger partial charge in [-0.25, -0.2) is 4.98 Å². The molecule has 0 unspecified atom stereocenters. The molecule has 0 amide bonds. The number of hydrogen-bond acceptors (Lipinski definition) is 3. The van der Waals surface area contributed by atoms with E-state index in [1.165, 1.54) is 0 Å². The van der Waals surface area contributed by atoms with Gasteiger partial charge in [-0.05, 0) is 12.1 Å². The van der Waals surface area contributed by atoms with Crippen LogP contribution in [0.2, 0.25) is 0 Å². The lowest BCUT2D eigenvalue weighted by Crippen LogP contribution is -1.82. The van der Waals surface area contributed by atoms with Gasteiger partial charge in [0.15, 0.2) is 0 Å². The molecule has 2 heterocycles. The van der Waals surface area contributed by atoms with Crippen LogP contribution in [0.1, 0.15) is 5.56 Å². The summed E-state index contributed by atoms with van der Waals surface area (Å²) < 4.78 is 0. The molecule has 0 bridgehead atoms. The highest BCUT2D eigenvalue weighted by Gasteiger charge is 1.95. The van der Waals surface area contributed by atoms with E-state index in [1.54, 1.807) is 24.5 Å². The second-order valence-electron chi connectivity index (χ2n) is 2.33. The third-order valence-corrected chi connectivity index (χ3v) is 1.54. The van der Waals surface area contributed by atoms with Crippen molar-refractivity contribution < 1.29 is 0 Å². The molecule has 2 rings (SSSR count). The molecule has 0 atom stereocenters. The van der Waals surface area contributed by atoms with E-state index >= 15 is 0 Å². The lowest BCUT2D eigenvalue weighted by molar-refractivity contribution is 1.30. The third kappa shape index (κ3) is 0.995. The minimum absolute atomic E-state index is 0.440. The van der Waals surface area contributed by atoms with E-state index in [-0.39, 0.29) is 0 Å². The third-order valence-electron chi connectivity index (χ3n) is 1.54. The zero-order chi connectivity index (χ0) is 8.39. The summed E-state index contributed by atoms with van der Waals surface area (Å²) in [6.07, 6.45) is 5.96. The predicted molar refractivity (Wildman–Crippen MR) is 43.1 cm³/mol. The van der Waals surface area contributed by atoms with Crippen LogP contribution >= 0.6 is 0 Å². The molecule has 0 N–H and O–H groups in total. The molecule has 0 saturated carbocycles. The Morgan fingerprint density at radius 3 is 3.25 bits per heavy atom. The first-order chi connectivity index (χ1) is 5.90. The molecular weight excluding hydrogens is 150 g/mol. The standard InChI is InChI=1S/C9H4N3/c10-4-7-3-8-6-11-2-1-9(8)12-5-7/h1-3,6H. The van der Waals surface area contributed by atoms with Crippen molar-refractivity contribution in [3.05, 3.63) is 36.3 Å². The molecule has 3 nitrogen and oxygen atoms in total. The van der Waals surface area contributed by atoms with Crippen LogP contribution in [-0.4, -0.2) is 9.97 Å². The fourth-order valence-electron chi connectivity index (χ4n) is 0.978. The zero-order valence-electron chi connectivity index (χ0n) is 6.15. The minimum atomic E-state index is 0.440. The highest BCUT2D eigenvalue weighted by Crippen LogP contribution is 2.09. The van der Waals surface area contributed by atoms with Crippen molar-refractivity contribution in [3.8, 4) is 6.07 Å². The largest absolute Gasteiger partial charge is 0.264 e. The van der Waals surface area contributed by atoms with Crippen LogP contribution in [0.15, 0.2) is 24.5 Å². The van der Waals surface area contributed by atoms with Gasteiger partial charge < -0.3 is 0 Å². The second kappa shape index (κ2) is 2.59. The van der Waals surface area contributed by atoms with Gasteiger partial charge in [-0.3, -0.25) is 4.98 Å². The van der Waals surface area contributed by atoms with Gasteiger partial charge in [-0.1, -0.05) is 0 Å². The van der Waals surface area contributed by atoms with E-state index in [0.717, 1.165) is 10.9 Å². The number of nitriles is 1. The highest BCUT2D eigenvalue weighted by molar-refractivity contribution is 5.78. The number of nitrogens with zero attached hydrogens (tertiary/aromatic N) is 3. The van der Waals surface area contributed by atoms with Gasteiger partial charge in [0.2, 0.25) is 0 Å². The monoisotopic (exact) mass is 154 g/mol. The van der Waals surface area contributed by atoms with Gasteiger partial charge in [0.25, 0.3) is 0 Å². The average Bonchev–Trinajstić information content (AvgIpc) is 2.17. The molecule has 0 saturated heterocycles. The Morgan fingerprint density at radius 1 is 1.50 bits per heavy atom. The van der Waals surface area contributed by atoms with E-state index in [1.807, 2.05) is 6.07 Å². The quantitative estimate of drug-likeness (QED) is 0.574. The van der Waals surface area contributed by atoms with Crippen LogP contribution < -0.4 is 0 Å². The van der Waals surface area contributed by atoms with Crippen molar-refractivity contribution in [3.63, 3.8) is 0 Å². The van der Waals surface area contributed by atoms with E-state index in [9.17, 15) is 0 Å². The van der Waals surface area contributed by atoms with Gasteiger partial charge in [0.1, 0.15) is 12.3 Å². The molecule has 0 aliphatic carbocycles. The molecule has 3 heteroatoms. The van der Waals surface area contributed by atoms with Gasteiger partial charge in [0, 0.05) is 17.8 Å². The highest BCUT2D eigenvalue weighted by atomic mass is 14.7. The fourth-order valence-corrected chi connectivity index (χ4v) is 0.978. The SMILES string of the molecule is N#Cc1[c]nc2ccncc2c1. The lowest BCUT2D eigenvalue weighted by atomic mass is 10.2. The first-order valence-electron chi connectivity index (χ1n) is 3.43. The smallest absolute Gasteiger partial charge is 0.108 e. The van der Waals surface area contributed by atoms with Crippen molar-refractivity contribution in [2.45, 2.75) is 0 Å². The Labute approximate surface area is 69.3 Å². The van der Waals surface area contributed by atoms with Crippen molar-refractivity contribution in [1.29, 1.82) is 5.26 Å². The summed E-state index contributed by atoms with van der Waals surface area (Å²) >= 11 is 0. The van der Waals surface area contributed by atoms with E-state index < -0.39 is 0 Å². The molecule has 12 heavy (non-hydrogen) atoms. The summed E-state index contributed by atoms with van der Waals surface area (Å²) in [5.74, 6) is 0. The molecule has 0 spiro atoms. The molecule has 1 radical (unpaired) electrons. The molecule has 2 aromatic heterocycles. The summed E-state index contributed by atoms with van der Waals surface area (Å²) in [7, 11) is 0. The maximum Gasteiger partial charge on any atom is 0.108 e. The first kappa shape index (κ1) is 6.74. The summed E-state index contributed by atoms with van der Waals surface area (Å²) in [5, 5.41) is 9.42. The van der Waals surface area contributed by atoms with Gasteiger partial charge >= 0.3 is 0 Å². The zero-order valence-corrected chi connectivity index (χ0v) is 6.15. The molecular formula is C9H4N3. The topological polar surface area (TPSA) is 49.6 Å². The summed E-state index contributed by atoms with van der Waals surface area (Å²) in [5.41, 5.74) is 1.25. The number of aromatic nitrogens is 2. The first-order valence-corrected chi connectivity index (χ1v) is 3.43. The van der Waals surface area contributed by atoms with E-state index in [0.29, 0.717) is 5.56 Å². The van der Waals surface area contributed by atoms with Crippen LogP contribution in [0.4, 0.5) is 0 Å². The van der Waals surface area contributed by atoms with Crippen LogP contribution in [0.3, 0.4) is 0 Å². The Bertz CT molecular complexity index is 457. The normalized spacial score (nSPS) is 9.58. The van der Waals surface area contributed by atoms with Crippen molar-refractivity contribution in [2.24, 2.45) is 0 Å². The van der Waals surface area contributed by atoms with Gasteiger partial charge in [-0.2, -0.15) is 5.26 Å². The Hall–Kier alpha value is -1.95. The molecule has 0 aromatic carbocycles. The van der Waals surface area contributed by atoms with Gasteiger partial charge in [-0.15, -0.1) is 0 Å². The number of fused-ring (bicyclic) bond motifs is 1. The van der Waals surface area contributed by atoms with Crippen LogP contribution in [0.5, 0.6) is 0 Å². The van der Waals surface area contributed by atoms with Crippen LogP contribution in [-0.2, 0) is 0 Å². The maximum absolute atomic E-state index is 8.56. The molecule has 0 fully saturated rings. The van der Waals surface area contributed by atoms with Crippen molar-refractivity contribution >= 4 is 10.9 Å². The Balaban J connectivity index is 2.78. The van der Waals surface area contributed by atoms with Crippen molar-refractivity contribution in [2.75, 3.05) is 0 Å². The number of pyridine rings is 2. The van der Waals surface area contributed by atoms with Crippen molar-refractivity contribution in [1.82, 2.24) is 9.97 Å². The van der Waals surface area contributed by atoms with Gasteiger partial charge in [0.05, 0.1) is 11.1 Å².